The minimum Gasteiger partial charge on any atom is -0.466 e. The maximum Gasteiger partial charge on any atom is 0.336 e. The molecule has 2 aromatic rings. The third-order valence-corrected chi connectivity index (χ3v) is 4.84. The molecule has 28 heavy (non-hydrogen) atoms. The van der Waals surface area contributed by atoms with E-state index in [1.807, 2.05) is 13.0 Å². The Labute approximate surface area is 161 Å². The van der Waals surface area contributed by atoms with Gasteiger partial charge in [-0.3, -0.25) is 4.79 Å². The lowest BCUT2D eigenvalue weighted by Crippen LogP contribution is -2.34. The highest BCUT2D eigenvalue weighted by molar-refractivity contribution is 6.00. The van der Waals surface area contributed by atoms with Gasteiger partial charge in [-0.2, -0.15) is 0 Å². The van der Waals surface area contributed by atoms with Crippen LogP contribution >= 0.6 is 0 Å². The maximum atomic E-state index is 13.3. The Morgan fingerprint density at radius 2 is 1.57 bits per heavy atom. The van der Waals surface area contributed by atoms with Crippen LogP contribution in [0, 0.1) is 6.92 Å². The number of fused-ring (bicyclic) bond motifs is 1. The molecule has 0 unspecified atom stereocenters. The smallest absolute Gasteiger partial charge is 0.336 e. The maximum absolute atomic E-state index is 13.3. The van der Waals surface area contributed by atoms with Crippen LogP contribution < -0.4 is 10.7 Å². The number of nitrogens with one attached hydrogen (secondary N) is 1. The molecule has 0 radical (unpaired) electrons. The number of hydrogen-bond acceptors (Lipinski definition) is 7. The molecule has 0 fully saturated rings. The minimum absolute atomic E-state index is 0.160. The van der Waals surface area contributed by atoms with Crippen LogP contribution in [0.25, 0.3) is 11.0 Å². The van der Waals surface area contributed by atoms with Crippen molar-refractivity contribution in [3.63, 3.8) is 0 Å². The van der Waals surface area contributed by atoms with Crippen molar-refractivity contribution in [3.8, 4) is 0 Å². The van der Waals surface area contributed by atoms with Crippen molar-refractivity contribution in [1.82, 2.24) is 5.32 Å². The Hall–Kier alpha value is -3.35. The molecule has 0 aliphatic carbocycles. The summed E-state index contributed by atoms with van der Waals surface area (Å²) in [5.74, 6) is -2.26. The van der Waals surface area contributed by atoms with Crippen molar-refractivity contribution in [3.05, 3.63) is 68.4 Å². The van der Waals surface area contributed by atoms with Gasteiger partial charge in [0.25, 0.3) is 0 Å². The number of rotatable bonds is 3. The van der Waals surface area contributed by atoms with Crippen LogP contribution in [0.2, 0.25) is 0 Å². The van der Waals surface area contributed by atoms with Crippen LogP contribution in [0.5, 0.6) is 0 Å². The van der Waals surface area contributed by atoms with Crippen molar-refractivity contribution in [2.45, 2.75) is 26.7 Å². The third-order valence-electron chi connectivity index (χ3n) is 4.84. The van der Waals surface area contributed by atoms with E-state index in [-0.39, 0.29) is 22.1 Å². The summed E-state index contributed by atoms with van der Waals surface area (Å²) in [6.07, 6.45) is 1.29. The molecule has 0 atom stereocenters. The van der Waals surface area contributed by atoms with E-state index in [0.29, 0.717) is 22.4 Å². The Bertz CT molecular complexity index is 1070. The zero-order valence-corrected chi connectivity index (χ0v) is 16.3. The number of ether oxygens (including phenoxy) is 2. The minimum atomic E-state index is -0.970. The van der Waals surface area contributed by atoms with E-state index in [9.17, 15) is 14.4 Å². The Morgan fingerprint density at radius 3 is 2.11 bits per heavy atom. The Balaban J connectivity index is 2.35. The van der Waals surface area contributed by atoms with Crippen LogP contribution in [0.4, 0.5) is 0 Å². The largest absolute Gasteiger partial charge is 0.466 e. The molecule has 0 bridgehead atoms. The first-order chi connectivity index (χ1) is 13.3. The van der Waals surface area contributed by atoms with Gasteiger partial charge in [0.2, 0.25) is 0 Å². The molecule has 146 valence electrons. The number of hydrogen-bond donors (Lipinski definition) is 1. The number of allylic oxidation sites excluding steroid dienone is 2. The van der Waals surface area contributed by atoms with Gasteiger partial charge in [-0.25, -0.2) is 9.59 Å². The fourth-order valence-electron chi connectivity index (χ4n) is 3.53. The first kappa shape index (κ1) is 19.4. The van der Waals surface area contributed by atoms with Gasteiger partial charge in [0.15, 0.2) is 5.43 Å². The van der Waals surface area contributed by atoms with E-state index < -0.39 is 17.9 Å². The van der Waals surface area contributed by atoms with Crippen molar-refractivity contribution in [1.29, 1.82) is 0 Å². The molecule has 3 rings (SSSR count). The normalized spacial score (nSPS) is 14.9. The molecular formula is C21H21NO6. The van der Waals surface area contributed by atoms with Gasteiger partial charge in [-0.1, -0.05) is 11.6 Å². The fraction of sp³-hybridized carbons (Fsp3) is 0.286. The van der Waals surface area contributed by atoms with Crippen molar-refractivity contribution in [2.75, 3.05) is 14.2 Å². The highest BCUT2D eigenvalue weighted by Crippen LogP contribution is 2.38. The SMILES string of the molecule is COC(=O)C1=C(C)NC(C)=C(C(=O)OC)C1c1coc2ccc(C)cc2c1=O. The lowest BCUT2D eigenvalue weighted by molar-refractivity contribution is -0.137. The highest BCUT2D eigenvalue weighted by atomic mass is 16.5. The quantitative estimate of drug-likeness (QED) is 0.814. The predicted octanol–water partition coefficient (Wildman–Crippen LogP) is 2.68. The first-order valence-corrected chi connectivity index (χ1v) is 8.67. The number of methoxy groups -OCH3 is 2. The zero-order chi connectivity index (χ0) is 20.6. The first-order valence-electron chi connectivity index (χ1n) is 8.67. The van der Waals surface area contributed by atoms with E-state index in [1.54, 1.807) is 26.0 Å². The summed E-state index contributed by atoms with van der Waals surface area (Å²) in [5, 5.41) is 3.38. The topological polar surface area (TPSA) is 94.8 Å². The predicted molar refractivity (Wildman–Crippen MR) is 103 cm³/mol. The molecule has 1 N–H and O–H groups in total. The van der Waals surface area contributed by atoms with E-state index in [2.05, 4.69) is 5.32 Å². The molecule has 7 nitrogen and oxygen atoms in total. The molecular weight excluding hydrogens is 362 g/mol. The third kappa shape index (κ3) is 3.09. The van der Waals surface area contributed by atoms with Crippen molar-refractivity contribution in [2.24, 2.45) is 0 Å². The molecule has 1 aliphatic rings. The number of dihydropyridines is 1. The second kappa shape index (κ2) is 7.34. The number of carbonyl (C=O) groups excluding carboxylic acids is 2. The summed E-state index contributed by atoms with van der Waals surface area (Å²) in [6.45, 7) is 5.23. The van der Waals surface area contributed by atoms with E-state index in [1.165, 1.54) is 20.5 Å². The lowest BCUT2D eigenvalue weighted by atomic mass is 9.80. The van der Waals surface area contributed by atoms with Gasteiger partial charge >= 0.3 is 11.9 Å². The van der Waals surface area contributed by atoms with Gasteiger partial charge < -0.3 is 19.2 Å². The molecule has 1 aliphatic heterocycles. The van der Waals surface area contributed by atoms with Crippen LogP contribution in [0.15, 0.2) is 56.2 Å². The van der Waals surface area contributed by atoms with Gasteiger partial charge in [-0.15, -0.1) is 0 Å². The molecule has 0 saturated heterocycles. The van der Waals surface area contributed by atoms with Gasteiger partial charge in [0, 0.05) is 17.0 Å². The molecule has 7 heteroatoms. The molecule has 1 aromatic heterocycles. The molecule has 1 aromatic carbocycles. The fourth-order valence-corrected chi connectivity index (χ4v) is 3.53. The van der Waals surface area contributed by atoms with Crippen LogP contribution in [-0.2, 0) is 19.1 Å². The average Bonchev–Trinajstić information content (AvgIpc) is 2.67. The average molecular weight is 383 g/mol. The number of aryl methyl sites for hydroxylation is 1. The van der Waals surface area contributed by atoms with Gasteiger partial charge in [-0.05, 0) is 32.9 Å². The van der Waals surface area contributed by atoms with Crippen LogP contribution in [0.3, 0.4) is 0 Å². The lowest BCUT2D eigenvalue weighted by Gasteiger charge is -2.29. The molecule has 0 saturated carbocycles. The number of benzene rings is 1. The van der Waals surface area contributed by atoms with Gasteiger partial charge in [0.05, 0.1) is 42.9 Å². The zero-order valence-electron chi connectivity index (χ0n) is 16.3. The summed E-state index contributed by atoms with van der Waals surface area (Å²) in [4.78, 5) is 38.3. The van der Waals surface area contributed by atoms with Crippen molar-refractivity contribution < 1.29 is 23.5 Å². The number of esters is 2. The second-order valence-electron chi connectivity index (χ2n) is 6.64. The standard InChI is InChI=1S/C21H21NO6/c1-10-6-7-15-13(8-10)19(23)14(9-28-15)18-16(20(24)26-4)11(2)22-12(3)17(18)21(25)27-5/h6-9,18,22H,1-5H3. The van der Waals surface area contributed by atoms with Gasteiger partial charge in [0.1, 0.15) is 5.58 Å². The van der Waals surface area contributed by atoms with Crippen LogP contribution in [-0.4, -0.2) is 26.2 Å². The molecule has 0 spiro atoms. The number of carbonyl (C=O) groups is 2. The Kier molecular flexibility index (Phi) is 5.09. The monoisotopic (exact) mass is 383 g/mol. The summed E-state index contributed by atoms with van der Waals surface area (Å²) < 4.78 is 15.5. The van der Waals surface area contributed by atoms with Crippen LogP contribution in [0.1, 0.15) is 30.9 Å². The summed E-state index contributed by atoms with van der Waals surface area (Å²) in [6, 6.07) is 5.26. The highest BCUT2D eigenvalue weighted by Gasteiger charge is 2.39. The Morgan fingerprint density at radius 1 is 1.00 bits per heavy atom. The summed E-state index contributed by atoms with van der Waals surface area (Å²) in [5.41, 5.74) is 2.47. The van der Waals surface area contributed by atoms with E-state index >= 15 is 0 Å². The summed E-state index contributed by atoms with van der Waals surface area (Å²) in [7, 11) is 2.49. The second-order valence-corrected chi connectivity index (χ2v) is 6.64. The van der Waals surface area contributed by atoms with E-state index in [4.69, 9.17) is 13.9 Å². The van der Waals surface area contributed by atoms with Crippen molar-refractivity contribution >= 4 is 22.9 Å². The summed E-state index contributed by atoms with van der Waals surface area (Å²) >= 11 is 0. The molecule has 2 heterocycles. The molecule has 0 amide bonds. The van der Waals surface area contributed by atoms with E-state index in [0.717, 1.165) is 5.56 Å².